The number of aromatic nitrogens is 1. The Morgan fingerprint density at radius 1 is 1.42 bits per heavy atom. The van der Waals surface area contributed by atoms with E-state index in [-0.39, 0.29) is 11.9 Å². The lowest BCUT2D eigenvalue weighted by Crippen LogP contribution is -2.36. The number of nitrogens with zero attached hydrogens (tertiary/aromatic N) is 2. The maximum Gasteiger partial charge on any atom is 0.273 e. The molecule has 0 atom stereocenters. The quantitative estimate of drug-likeness (QED) is 0.873. The number of nitrogens with two attached hydrogens (primary N) is 1. The predicted molar refractivity (Wildman–Crippen MR) is 78.0 cm³/mol. The number of carbonyl (C=O) groups excluding carboxylic acids is 1. The topological polar surface area (TPSA) is 59.2 Å². The molecule has 2 N–H and O–H groups in total. The second-order valence-corrected chi connectivity index (χ2v) is 5.32. The number of anilines is 1. The molecule has 19 heavy (non-hydrogen) atoms. The number of thiazole rings is 1. The molecule has 2 rings (SSSR count). The van der Waals surface area contributed by atoms with Gasteiger partial charge >= 0.3 is 0 Å². The molecule has 2 aromatic rings. The molecule has 0 radical (unpaired) electrons. The molecule has 4 nitrogen and oxygen atoms in total. The summed E-state index contributed by atoms with van der Waals surface area (Å²) in [4.78, 5) is 18.3. The van der Waals surface area contributed by atoms with Gasteiger partial charge in [0.15, 0.2) is 0 Å². The molecule has 1 aromatic carbocycles. The Morgan fingerprint density at radius 3 is 2.74 bits per heavy atom. The van der Waals surface area contributed by atoms with Crippen molar-refractivity contribution >= 4 is 22.9 Å². The number of hydrogen-bond donors (Lipinski definition) is 1. The minimum atomic E-state index is -0.0560. The zero-order chi connectivity index (χ0) is 13.8. The van der Waals surface area contributed by atoms with Crippen LogP contribution in [-0.4, -0.2) is 21.8 Å². The summed E-state index contributed by atoms with van der Waals surface area (Å²) in [5, 5.41) is 1.77. The number of hydrogen-bond acceptors (Lipinski definition) is 4. The molecular weight excluding hydrogens is 258 g/mol. The minimum absolute atomic E-state index is 0.0560. The molecule has 1 heterocycles. The summed E-state index contributed by atoms with van der Waals surface area (Å²) >= 11 is 1.42. The highest BCUT2D eigenvalue weighted by atomic mass is 32.1. The minimum Gasteiger partial charge on any atom is -0.398 e. The van der Waals surface area contributed by atoms with Gasteiger partial charge in [-0.3, -0.25) is 4.79 Å². The fraction of sp³-hybridized carbons (Fsp3) is 0.286. The van der Waals surface area contributed by atoms with Crippen molar-refractivity contribution in [2.24, 2.45) is 0 Å². The third-order valence-corrected chi connectivity index (χ3v) is 3.52. The van der Waals surface area contributed by atoms with Gasteiger partial charge in [0, 0.05) is 23.7 Å². The van der Waals surface area contributed by atoms with Gasteiger partial charge in [0.1, 0.15) is 5.69 Å². The Balaban J connectivity index is 2.22. The van der Waals surface area contributed by atoms with E-state index in [1.165, 1.54) is 11.3 Å². The van der Waals surface area contributed by atoms with Crippen molar-refractivity contribution in [2.75, 3.05) is 5.73 Å². The van der Waals surface area contributed by atoms with Crippen LogP contribution in [-0.2, 0) is 6.54 Å². The van der Waals surface area contributed by atoms with Gasteiger partial charge in [0.25, 0.3) is 5.91 Å². The lowest BCUT2D eigenvalue weighted by molar-refractivity contribution is 0.0685. The van der Waals surface area contributed by atoms with Gasteiger partial charge in [-0.05, 0) is 25.5 Å². The maximum atomic E-state index is 12.4. The molecule has 0 spiro atoms. The Hall–Kier alpha value is -1.88. The van der Waals surface area contributed by atoms with Crippen molar-refractivity contribution in [1.82, 2.24) is 9.88 Å². The molecule has 0 aliphatic rings. The van der Waals surface area contributed by atoms with Crippen LogP contribution in [0.1, 0.15) is 29.9 Å². The molecule has 0 fully saturated rings. The molecule has 1 amide bonds. The van der Waals surface area contributed by atoms with E-state index in [1.807, 2.05) is 38.1 Å². The van der Waals surface area contributed by atoms with Crippen LogP contribution in [0.4, 0.5) is 5.69 Å². The van der Waals surface area contributed by atoms with Crippen molar-refractivity contribution in [3.8, 4) is 0 Å². The summed E-state index contributed by atoms with van der Waals surface area (Å²) in [6.45, 7) is 4.48. The number of amides is 1. The Bertz CT molecular complexity index is 552. The van der Waals surface area contributed by atoms with E-state index in [2.05, 4.69) is 4.98 Å². The molecule has 0 aliphatic carbocycles. The summed E-state index contributed by atoms with van der Waals surface area (Å²) in [6.07, 6.45) is 0. The van der Waals surface area contributed by atoms with Crippen LogP contribution in [0.15, 0.2) is 35.2 Å². The van der Waals surface area contributed by atoms with Gasteiger partial charge in [-0.25, -0.2) is 4.98 Å². The highest BCUT2D eigenvalue weighted by Crippen LogP contribution is 2.17. The number of rotatable bonds is 4. The van der Waals surface area contributed by atoms with E-state index >= 15 is 0 Å². The smallest absolute Gasteiger partial charge is 0.273 e. The third-order valence-electron chi connectivity index (χ3n) is 2.93. The van der Waals surface area contributed by atoms with Crippen LogP contribution in [0.5, 0.6) is 0 Å². The first-order valence-corrected chi connectivity index (χ1v) is 7.06. The molecule has 100 valence electrons. The fourth-order valence-corrected chi connectivity index (χ4v) is 2.34. The largest absolute Gasteiger partial charge is 0.398 e. The highest BCUT2D eigenvalue weighted by molar-refractivity contribution is 7.07. The Morgan fingerprint density at radius 2 is 2.16 bits per heavy atom. The Labute approximate surface area is 116 Å². The van der Waals surface area contributed by atoms with E-state index in [9.17, 15) is 4.79 Å². The van der Waals surface area contributed by atoms with Crippen molar-refractivity contribution in [2.45, 2.75) is 26.4 Å². The van der Waals surface area contributed by atoms with Crippen LogP contribution >= 0.6 is 11.3 Å². The molecule has 1 aromatic heterocycles. The van der Waals surface area contributed by atoms with Crippen LogP contribution in [0.3, 0.4) is 0 Å². The number of nitrogen functional groups attached to an aromatic ring is 1. The average Bonchev–Trinajstić information content (AvgIpc) is 2.90. The van der Waals surface area contributed by atoms with Gasteiger partial charge in [-0.15, -0.1) is 11.3 Å². The summed E-state index contributed by atoms with van der Waals surface area (Å²) in [5.41, 5.74) is 9.77. The first-order chi connectivity index (χ1) is 9.09. The van der Waals surface area contributed by atoms with Gasteiger partial charge in [-0.1, -0.05) is 18.2 Å². The zero-order valence-electron chi connectivity index (χ0n) is 11.0. The normalized spacial score (nSPS) is 10.7. The number of para-hydroxylation sites is 1. The summed E-state index contributed by atoms with van der Waals surface area (Å²) in [7, 11) is 0. The van der Waals surface area contributed by atoms with Crippen LogP contribution < -0.4 is 5.73 Å². The van der Waals surface area contributed by atoms with Gasteiger partial charge in [0.05, 0.1) is 5.51 Å². The van der Waals surface area contributed by atoms with Gasteiger partial charge < -0.3 is 10.6 Å². The van der Waals surface area contributed by atoms with E-state index in [0.717, 1.165) is 5.56 Å². The number of carbonyl (C=O) groups is 1. The Kier molecular flexibility index (Phi) is 4.16. The van der Waals surface area contributed by atoms with Gasteiger partial charge in [0.2, 0.25) is 0 Å². The van der Waals surface area contributed by atoms with Crippen molar-refractivity contribution in [1.29, 1.82) is 0 Å². The SMILES string of the molecule is CC(C)N(Cc1ccccc1N)C(=O)c1cscn1. The second kappa shape index (κ2) is 5.84. The van der Waals surface area contributed by atoms with E-state index in [4.69, 9.17) is 5.73 Å². The van der Waals surface area contributed by atoms with Crippen molar-refractivity contribution in [3.63, 3.8) is 0 Å². The fourth-order valence-electron chi connectivity index (χ4n) is 1.82. The van der Waals surface area contributed by atoms with Crippen molar-refractivity contribution in [3.05, 3.63) is 46.4 Å². The van der Waals surface area contributed by atoms with E-state index in [1.54, 1.807) is 15.8 Å². The zero-order valence-corrected chi connectivity index (χ0v) is 11.9. The molecule has 0 saturated heterocycles. The second-order valence-electron chi connectivity index (χ2n) is 4.60. The summed E-state index contributed by atoms with van der Waals surface area (Å²) in [5.74, 6) is -0.0560. The highest BCUT2D eigenvalue weighted by Gasteiger charge is 2.21. The maximum absolute atomic E-state index is 12.4. The average molecular weight is 275 g/mol. The molecule has 5 heteroatoms. The molecule has 0 saturated carbocycles. The van der Waals surface area contributed by atoms with Crippen LogP contribution in [0.25, 0.3) is 0 Å². The van der Waals surface area contributed by atoms with E-state index < -0.39 is 0 Å². The lowest BCUT2D eigenvalue weighted by Gasteiger charge is -2.26. The van der Waals surface area contributed by atoms with Gasteiger partial charge in [-0.2, -0.15) is 0 Å². The monoisotopic (exact) mass is 275 g/mol. The molecule has 0 bridgehead atoms. The standard InChI is InChI=1S/C14H17N3OS/c1-10(2)17(14(18)13-8-19-9-16-13)7-11-5-3-4-6-12(11)15/h3-6,8-10H,7,15H2,1-2H3. The molecule has 0 aliphatic heterocycles. The molecule has 0 unspecified atom stereocenters. The first-order valence-electron chi connectivity index (χ1n) is 6.12. The van der Waals surface area contributed by atoms with Crippen LogP contribution in [0.2, 0.25) is 0 Å². The molecular formula is C14H17N3OS. The summed E-state index contributed by atoms with van der Waals surface area (Å²) < 4.78 is 0. The number of benzene rings is 1. The predicted octanol–water partition coefficient (Wildman–Crippen LogP) is 2.78. The third kappa shape index (κ3) is 3.12. The lowest BCUT2D eigenvalue weighted by atomic mass is 10.1. The summed E-state index contributed by atoms with van der Waals surface area (Å²) in [6, 6.07) is 7.70. The van der Waals surface area contributed by atoms with Crippen LogP contribution in [0, 0.1) is 0 Å². The van der Waals surface area contributed by atoms with Crippen molar-refractivity contribution < 1.29 is 4.79 Å². The first kappa shape index (κ1) is 13.5. The van der Waals surface area contributed by atoms with E-state index in [0.29, 0.717) is 17.9 Å².